The summed E-state index contributed by atoms with van der Waals surface area (Å²) in [7, 11) is 1.27. The van der Waals surface area contributed by atoms with Crippen LogP contribution in [0, 0.1) is 6.92 Å². The second-order valence-electron chi connectivity index (χ2n) is 11.3. The maximum atomic E-state index is 2.56. The number of aromatic nitrogens is 1. The average molecular weight is 417 g/mol. The van der Waals surface area contributed by atoms with E-state index in [1.807, 2.05) is 0 Å². The Morgan fingerprint density at radius 1 is 0.933 bits per heavy atom. The van der Waals surface area contributed by atoms with Gasteiger partial charge in [-0.1, -0.05) is 70.2 Å². The van der Waals surface area contributed by atoms with Gasteiger partial charge in [0.2, 0.25) is 5.69 Å². The topological polar surface area (TPSA) is 3.88 Å². The highest BCUT2D eigenvalue weighted by Gasteiger charge is 2.29. The van der Waals surface area contributed by atoms with Crippen molar-refractivity contribution in [2.45, 2.75) is 77.1 Å². The van der Waals surface area contributed by atoms with Crippen LogP contribution in [0.3, 0.4) is 0 Å². The van der Waals surface area contributed by atoms with Crippen molar-refractivity contribution in [3.63, 3.8) is 0 Å². The molecule has 1 aliphatic heterocycles. The minimum absolute atomic E-state index is 0.150. The smallest absolute Gasteiger partial charge is 0.200 e. The van der Waals surface area contributed by atoms with Crippen molar-refractivity contribution in [1.29, 1.82) is 0 Å². The summed E-state index contributed by atoms with van der Waals surface area (Å²) in [6.45, 7) is 14.2. The molecule has 1 aliphatic rings. The van der Waals surface area contributed by atoms with E-state index in [-0.39, 0.29) is 5.41 Å². The second-order valence-corrected chi connectivity index (χ2v) is 16.7. The zero-order chi connectivity index (χ0) is 21.7. The molecule has 1 fully saturated rings. The average Bonchev–Trinajstić information content (AvgIpc) is 2.67. The molecular formula is C28H38NSi+. The van der Waals surface area contributed by atoms with Gasteiger partial charge in [0, 0.05) is 19.7 Å². The summed E-state index contributed by atoms with van der Waals surface area (Å²) in [6.07, 6.45) is 5.00. The van der Waals surface area contributed by atoms with Gasteiger partial charge in [-0.2, -0.15) is 0 Å². The number of rotatable bonds is 2. The van der Waals surface area contributed by atoms with Crippen LogP contribution in [0.25, 0.3) is 22.0 Å². The first kappa shape index (κ1) is 21.3. The number of nitrogens with zero attached hydrogens (tertiary/aromatic N) is 1. The fourth-order valence-electron chi connectivity index (χ4n) is 5.06. The lowest BCUT2D eigenvalue weighted by Gasteiger charge is -2.33. The lowest BCUT2D eigenvalue weighted by molar-refractivity contribution is -0.659. The number of benzene rings is 2. The van der Waals surface area contributed by atoms with E-state index in [0.29, 0.717) is 0 Å². The fraction of sp³-hybridized carbons (Fsp3) is 0.464. The van der Waals surface area contributed by atoms with Gasteiger partial charge in [0.1, 0.15) is 7.05 Å². The summed E-state index contributed by atoms with van der Waals surface area (Å²) < 4.78 is 2.30. The van der Waals surface area contributed by atoms with E-state index >= 15 is 0 Å². The molecule has 0 unspecified atom stereocenters. The Bertz CT molecular complexity index is 1080. The molecule has 1 aromatic heterocycles. The largest absolute Gasteiger partial charge is 0.220 e. The van der Waals surface area contributed by atoms with E-state index in [2.05, 4.69) is 101 Å². The molecular weight excluding hydrogens is 378 g/mol. The van der Waals surface area contributed by atoms with Crippen molar-refractivity contribution in [2.24, 2.45) is 7.05 Å². The van der Waals surface area contributed by atoms with E-state index in [9.17, 15) is 0 Å². The first-order valence-electron chi connectivity index (χ1n) is 11.6. The van der Waals surface area contributed by atoms with Crippen LogP contribution < -0.4 is 4.57 Å². The Labute approximate surface area is 184 Å². The summed E-state index contributed by atoms with van der Waals surface area (Å²) in [5.74, 6) is 0.748. The minimum Gasteiger partial charge on any atom is -0.200 e. The van der Waals surface area contributed by atoms with Crippen LogP contribution in [-0.2, 0) is 12.5 Å². The maximum Gasteiger partial charge on any atom is 0.220 e. The molecule has 0 bridgehead atoms. The monoisotopic (exact) mass is 416 g/mol. The van der Waals surface area contributed by atoms with Gasteiger partial charge in [0.25, 0.3) is 0 Å². The molecule has 0 radical (unpaired) electrons. The molecule has 0 saturated carbocycles. The van der Waals surface area contributed by atoms with Gasteiger partial charge in [-0.15, -0.1) is 0 Å². The van der Waals surface area contributed by atoms with E-state index in [1.165, 1.54) is 58.1 Å². The highest BCUT2D eigenvalue weighted by atomic mass is 28.3. The second kappa shape index (κ2) is 7.64. The highest BCUT2D eigenvalue weighted by Crippen LogP contribution is 2.40. The number of hydrogen-bond donors (Lipinski definition) is 0. The molecule has 0 N–H and O–H groups in total. The molecule has 0 atom stereocenters. The van der Waals surface area contributed by atoms with Crippen molar-refractivity contribution in [3.8, 4) is 11.3 Å². The van der Waals surface area contributed by atoms with Crippen LogP contribution in [0.1, 0.15) is 56.2 Å². The standard InChI is InChI=1S/C28H38NSi/c1-20-8-10-24(28(2,3)4)19-26(20)27-25-11-9-22(18-23(25)12-15-29(27)5)21-13-16-30(6,7)17-14-21/h8-12,15,18-19,21H,13-14,16-17H2,1-7H3/q+1. The SMILES string of the molecule is Cc1ccc(C(C)(C)C)cc1-c1c2ccc(C3CC[Si](C)(C)CC3)cc2cc[n+]1C. The van der Waals surface area contributed by atoms with E-state index in [0.717, 1.165) is 5.92 Å². The van der Waals surface area contributed by atoms with Crippen LogP contribution in [0.5, 0.6) is 0 Å². The number of hydrogen-bond acceptors (Lipinski definition) is 0. The molecule has 158 valence electrons. The predicted octanol–water partition coefficient (Wildman–Crippen LogP) is 7.52. The van der Waals surface area contributed by atoms with Crippen molar-refractivity contribution >= 4 is 18.8 Å². The first-order chi connectivity index (χ1) is 14.0. The van der Waals surface area contributed by atoms with Gasteiger partial charge in [-0.3, -0.25) is 0 Å². The van der Waals surface area contributed by atoms with Gasteiger partial charge in [0.05, 0.1) is 5.39 Å². The Morgan fingerprint density at radius 2 is 1.63 bits per heavy atom. The van der Waals surface area contributed by atoms with Crippen molar-refractivity contribution < 1.29 is 4.57 Å². The molecule has 4 rings (SSSR count). The van der Waals surface area contributed by atoms with Gasteiger partial charge >= 0.3 is 0 Å². The number of pyridine rings is 1. The van der Waals surface area contributed by atoms with Gasteiger partial charge in [-0.05, 0) is 65.3 Å². The van der Waals surface area contributed by atoms with Crippen LogP contribution in [0.15, 0.2) is 48.7 Å². The third kappa shape index (κ3) is 4.12. The third-order valence-corrected chi connectivity index (χ3v) is 10.6. The third-order valence-electron chi connectivity index (χ3n) is 7.33. The van der Waals surface area contributed by atoms with E-state index in [4.69, 9.17) is 0 Å². The van der Waals surface area contributed by atoms with Crippen molar-refractivity contribution in [1.82, 2.24) is 0 Å². The van der Waals surface area contributed by atoms with E-state index < -0.39 is 8.07 Å². The predicted molar refractivity (Wildman–Crippen MR) is 133 cm³/mol. The van der Waals surface area contributed by atoms with Crippen LogP contribution in [0.4, 0.5) is 0 Å². The maximum absolute atomic E-state index is 2.56. The molecule has 0 aliphatic carbocycles. The first-order valence-corrected chi connectivity index (χ1v) is 15.0. The van der Waals surface area contributed by atoms with E-state index in [1.54, 1.807) is 5.56 Å². The Morgan fingerprint density at radius 3 is 2.30 bits per heavy atom. The fourth-order valence-corrected chi connectivity index (χ4v) is 7.57. The summed E-state index contributed by atoms with van der Waals surface area (Å²) in [6, 6.07) is 19.5. The van der Waals surface area contributed by atoms with Crippen molar-refractivity contribution in [2.75, 3.05) is 0 Å². The molecule has 1 nitrogen and oxygen atoms in total. The Balaban J connectivity index is 1.80. The molecule has 2 aromatic carbocycles. The summed E-state index contributed by atoms with van der Waals surface area (Å²) >= 11 is 0. The quantitative estimate of drug-likeness (QED) is 0.300. The van der Waals surface area contributed by atoms with Gasteiger partial charge < -0.3 is 0 Å². The Kier molecular flexibility index (Phi) is 5.42. The summed E-state index contributed by atoms with van der Waals surface area (Å²) in [5.41, 5.74) is 7.12. The highest BCUT2D eigenvalue weighted by molar-refractivity contribution is 6.77. The molecule has 30 heavy (non-hydrogen) atoms. The zero-order valence-electron chi connectivity index (χ0n) is 20.0. The normalized spacial score (nSPS) is 17.4. The van der Waals surface area contributed by atoms with Crippen LogP contribution >= 0.6 is 0 Å². The van der Waals surface area contributed by atoms with Gasteiger partial charge in [-0.25, -0.2) is 4.57 Å². The van der Waals surface area contributed by atoms with Gasteiger partial charge in [0.15, 0.2) is 6.20 Å². The molecule has 0 spiro atoms. The molecule has 2 heterocycles. The molecule has 2 heteroatoms. The number of fused-ring (bicyclic) bond motifs is 1. The van der Waals surface area contributed by atoms with Crippen LogP contribution in [0.2, 0.25) is 25.2 Å². The van der Waals surface area contributed by atoms with Crippen LogP contribution in [-0.4, -0.2) is 8.07 Å². The summed E-state index contributed by atoms with van der Waals surface area (Å²) in [4.78, 5) is 0. The molecule has 1 saturated heterocycles. The molecule has 0 amide bonds. The Hall–Kier alpha value is -1.93. The lowest BCUT2D eigenvalue weighted by atomic mass is 9.84. The zero-order valence-corrected chi connectivity index (χ0v) is 21.0. The lowest BCUT2D eigenvalue weighted by Crippen LogP contribution is -2.31. The molecule has 3 aromatic rings. The van der Waals surface area contributed by atoms with Crippen molar-refractivity contribution in [3.05, 3.63) is 65.4 Å². The summed E-state index contributed by atoms with van der Waals surface area (Å²) in [5, 5.41) is 2.74. The number of aryl methyl sites for hydroxylation is 2. The minimum atomic E-state index is -0.910.